The van der Waals surface area contributed by atoms with E-state index >= 15 is 0 Å². The molecule has 0 saturated carbocycles. The van der Waals surface area contributed by atoms with Crippen molar-refractivity contribution in [3.05, 3.63) is 64.6 Å². The van der Waals surface area contributed by atoms with E-state index in [0.29, 0.717) is 25.9 Å². The number of amides is 1. The standard InChI is InChI=1S/C21H25N5O2/c1-14-12-25(21(27)10-9-18-15(2)24-28-16(18)3)13-20-23-22-19(26(14)20)11-17-7-5-4-6-8-17/h4-8,14H,9-13H2,1-3H3/t14-/m0/s1. The smallest absolute Gasteiger partial charge is 0.223 e. The van der Waals surface area contributed by atoms with Crippen LogP contribution in [0.15, 0.2) is 34.9 Å². The Morgan fingerprint density at radius 3 is 2.71 bits per heavy atom. The van der Waals surface area contributed by atoms with Crippen LogP contribution in [0.1, 0.15) is 53.6 Å². The summed E-state index contributed by atoms with van der Waals surface area (Å²) in [5.41, 5.74) is 3.11. The van der Waals surface area contributed by atoms with Gasteiger partial charge < -0.3 is 14.0 Å². The molecule has 1 aliphatic heterocycles. The molecule has 3 aromatic rings. The second kappa shape index (κ2) is 7.58. The van der Waals surface area contributed by atoms with Crippen molar-refractivity contribution in [2.75, 3.05) is 6.54 Å². The number of rotatable bonds is 5. The topological polar surface area (TPSA) is 77.1 Å². The Hall–Kier alpha value is -2.96. The molecule has 4 rings (SSSR count). The molecule has 1 aliphatic rings. The van der Waals surface area contributed by atoms with E-state index in [1.165, 1.54) is 5.56 Å². The average molecular weight is 379 g/mol. The number of hydrogen-bond acceptors (Lipinski definition) is 5. The summed E-state index contributed by atoms with van der Waals surface area (Å²) in [7, 11) is 0. The Bertz CT molecular complexity index is 957. The molecule has 7 nitrogen and oxygen atoms in total. The van der Waals surface area contributed by atoms with Crippen LogP contribution < -0.4 is 0 Å². The van der Waals surface area contributed by atoms with Crippen LogP contribution in [0.3, 0.4) is 0 Å². The largest absolute Gasteiger partial charge is 0.361 e. The van der Waals surface area contributed by atoms with Gasteiger partial charge in [-0.05, 0) is 32.8 Å². The minimum atomic E-state index is 0.130. The van der Waals surface area contributed by atoms with Crippen molar-refractivity contribution in [1.29, 1.82) is 0 Å². The van der Waals surface area contributed by atoms with Gasteiger partial charge in [0.15, 0.2) is 5.82 Å². The first-order chi connectivity index (χ1) is 13.5. The maximum Gasteiger partial charge on any atom is 0.223 e. The first-order valence-electron chi connectivity index (χ1n) is 9.69. The highest BCUT2D eigenvalue weighted by Crippen LogP contribution is 2.24. The van der Waals surface area contributed by atoms with E-state index in [0.717, 1.165) is 35.1 Å². The zero-order valence-corrected chi connectivity index (χ0v) is 16.6. The third-order valence-electron chi connectivity index (χ3n) is 5.42. The summed E-state index contributed by atoms with van der Waals surface area (Å²) < 4.78 is 7.38. The Balaban J connectivity index is 1.44. The number of benzene rings is 1. The van der Waals surface area contributed by atoms with E-state index in [2.05, 4.69) is 39.0 Å². The third kappa shape index (κ3) is 3.56. The van der Waals surface area contributed by atoms with Gasteiger partial charge >= 0.3 is 0 Å². The van der Waals surface area contributed by atoms with Crippen molar-refractivity contribution < 1.29 is 9.32 Å². The number of carbonyl (C=O) groups is 1. The van der Waals surface area contributed by atoms with Crippen LogP contribution in [-0.4, -0.2) is 37.3 Å². The zero-order chi connectivity index (χ0) is 19.7. The van der Waals surface area contributed by atoms with E-state index in [9.17, 15) is 4.79 Å². The molecule has 1 aromatic carbocycles. The lowest BCUT2D eigenvalue weighted by atomic mass is 10.1. The molecule has 0 spiro atoms. The fourth-order valence-corrected chi connectivity index (χ4v) is 3.95. The van der Waals surface area contributed by atoms with Crippen molar-refractivity contribution in [2.45, 2.75) is 52.6 Å². The number of fused-ring (bicyclic) bond motifs is 1. The van der Waals surface area contributed by atoms with Gasteiger partial charge in [0.1, 0.15) is 11.6 Å². The van der Waals surface area contributed by atoms with Gasteiger partial charge in [-0.1, -0.05) is 35.5 Å². The fourth-order valence-electron chi connectivity index (χ4n) is 3.95. The minimum absolute atomic E-state index is 0.130. The van der Waals surface area contributed by atoms with E-state index in [1.54, 1.807) is 0 Å². The molecular formula is C21H25N5O2. The maximum absolute atomic E-state index is 12.8. The summed E-state index contributed by atoms with van der Waals surface area (Å²) in [5.74, 6) is 2.74. The number of nitrogens with zero attached hydrogens (tertiary/aromatic N) is 5. The highest BCUT2D eigenvalue weighted by molar-refractivity contribution is 5.76. The van der Waals surface area contributed by atoms with E-state index in [-0.39, 0.29) is 11.9 Å². The molecule has 0 aliphatic carbocycles. The molecule has 0 saturated heterocycles. The predicted molar refractivity (Wildman–Crippen MR) is 104 cm³/mol. The number of aryl methyl sites for hydroxylation is 2. The van der Waals surface area contributed by atoms with Crippen LogP contribution in [0.5, 0.6) is 0 Å². The molecule has 0 radical (unpaired) electrons. The van der Waals surface area contributed by atoms with E-state index < -0.39 is 0 Å². The third-order valence-corrected chi connectivity index (χ3v) is 5.42. The molecule has 2 aromatic heterocycles. The van der Waals surface area contributed by atoms with Crippen molar-refractivity contribution >= 4 is 5.91 Å². The predicted octanol–water partition coefficient (Wildman–Crippen LogP) is 3.01. The maximum atomic E-state index is 12.8. The Morgan fingerprint density at radius 1 is 1.21 bits per heavy atom. The summed E-state index contributed by atoms with van der Waals surface area (Å²) in [4.78, 5) is 14.7. The van der Waals surface area contributed by atoms with Gasteiger partial charge in [0, 0.05) is 24.9 Å². The second-order valence-electron chi connectivity index (χ2n) is 7.49. The molecule has 146 valence electrons. The monoisotopic (exact) mass is 379 g/mol. The lowest BCUT2D eigenvalue weighted by molar-refractivity contribution is -0.133. The van der Waals surface area contributed by atoms with Gasteiger partial charge in [0.25, 0.3) is 0 Å². The summed E-state index contributed by atoms with van der Waals surface area (Å²) >= 11 is 0. The summed E-state index contributed by atoms with van der Waals surface area (Å²) in [6.45, 7) is 7.10. The van der Waals surface area contributed by atoms with Crippen LogP contribution in [0, 0.1) is 13.8 Å². The molecule has 1 atom stereocenters. The molecule has 0 bridgehead atoms. The van der Waals surface area contributed by atoms with Crippen molar-refractivity contribution in [3.8, 4) is 0 Å². The Morgan fingerprint density at radius 2 is 2.00 bits per heavy atom. The minimum Gasteiger partial charge on any atom is -0.361 e. The van der Waals surface area contributed by atoms with Crippen LogP contribution in [0.2, 0.25) is 0 Å². The van der Waals surface area contributed by atoms with Gasteiger partial charge in [-0.25, -0.2) is 0 Å². The zero-order valence-electron chi connectivity index (χ0n) is 16.6. The first kappa shape index (κ1) is 18.4. The number of hydrogen-bond donors (Lipinski definition) is 0. The van der Waals surface area contributed by atoms with Crippen molar-refractivity contribution in [3.63, 3.8) is 0 Å². The van der Waals surface area contributed by atoms with E-state index in [1.807, 2.05) is 36.9 Å². The molecule has 28 heavy (non-hydrogen) atoms. The Labute approximate surface area is 164 Å². The van der Waals surface area contributed by atoms with Crippen LogP contribution >= 0.6 is 0 Å². The molecule has 1 amide bonds. The molecule has 0 N–H and O–H groups in total. The molecule has 7 heteroatoms. The normalized spacial score (nSPS) is 16.2. The highest BCUT2D eigenvalue weighted by atomic mass is 16.5. The fraction of sp³-hybridized carbons (Fsp3) is 0.429. The van der Waals surface area contributed by atoms with Crippen molar-refractivity contribution in [1.82, 2.24) is 24.8 Å². The van der Waals surface area contributed by atoms with Gasteiger partial charge in [-0.2, -0.15) is 0 Å². The number of aromatic nitrogens is 4. The van der Waals surface area contributed by atoms with Gasteiger partial charge in [0.05, 0.1) is 18.3 Å². The quantitative estimate of drug-likeness (QED) is 0.681. The SMILES string of the molecule is Cc1noc(C)c1CCC(=O)N1Cc2nnc(Cc3ccccc3)n2[C@@H](C)C1. The van der Waals surface area contributed by atoms with Gasteiger partial charge in [-0.15, -0.1) is 10.2 Å². The van der Waals surface area contributed by atoms with Crippen LogP contribution in [-0.2, 0) is 24.2 Å². The lowest BCUT2D eigenvalue weighted by Gasteiger charge is -2.32. The van der Waals surface area contributed by atoms with Crippen LogP contribution in [0.25, 0.3) is 0 Å². The van der Waals surface area contributed by atoms with Crippen LogP contribution in [0.4, 0.5) is 0 Å². The Kier molecular flexibility index (Phi) is 4.98. The number of carbonyl (C=O) groups excluding carboxylic acids is 1. The summed E-state index contributed by atoms with van der Waals surface area (Å²) in [6, 6.07) is 10.4. The molecular weight excluding hydrogens is 354 g/mol. The van der Waals surface area contributed by atoms with Crippen molar-refractivity contribution in [2.24, 2.45) is 0 Å². The summed E-state index contributed by atoms with van der Waals surface area (Å²) in [5, 5.41) is 12.7. The average Bonchev–Trinajstić information content (AvgIpc) is 3.24. The van der Waals surface area contributed by atoms with E-state index in [4.69, 9.17) is 4.52 Å². The molecule has 3 heterocycles. The van der Waals surface area contributed by atoms with Gasteiger partial charge in [-0.3, -0.25) is 4.79 Å². The lowest BCUT2D eigenvalue weighted by Crippen LogP contribution is -2.41. The molecule has 0 unspecified atom stereocenters. The highest BCUT2D eigenvalue weighted by Gasteiger charge is 2.29. The second-order valence-corrected chi connectivity index (χ2v) is 7.49. The van der Waals surface area contributed by atoms with Gasteiger partial charge in [0.2, 0.25) is 5.91 Å². The summed E-state index contributed by atoms with van der Waals surface area (Å²) in [6.07, 6.45) is 1.84. The molecule has 0 fully saturated rings. The first-order valence-corrected chi connectivity index (χ1v) is 9.69.